The molecule has 0 aliphatic carbocycles. The normalized spacial score (nSPS) is 16.6. The average Bonchev–Trinajstić information content (AvgIpc) is 2.63. The molecule has 0 spiro atoms. The summed E-state index contributed by atoms with van der Waals surface area (Å²) in [5.74, 6) is -0.0928. The maximum atomic E-state index is 12.2. The van der Waals surface area contributed by atoms with Crippen LogP contribution in [0.4, 0.5) is 0 Å². The molecule has 1 saturated heterocycles. The van der Waals surface area contributed by atoms with Gasteiger partial charge in [-0.2, -0.15) is 0 Å². The number of halogens is 1. The Morgan fingerprint density at radius 3 is 2.50 bits per heavy atom. The molecule has 0 N–H and O–H groups in total. The number of hydrogen-bond acceptors (Lipinski definition) is 3. The van der Waals surface area contributed by atoms with Crippen LogP contribution in [0, 0.1) is 0 Å². The first-order valence-corrected chi connectivity index (χ1v) is 6.25. The molecular weight excluding hydrogens is 256 g/mol. The van der Waals surface area contributed by atoms with Crippen molar-refractivity contribution >= 4 is 23.4 Å². The van der Waals surface area contributed by atoms with Crippen molar-refractivity contribution in [2.75, 3.05) is 26.2 Å². The number of hydrogen-bond donors (Lipinski definition) is 0. The molecule has 1 aliphatic heterocycles. The van der Waals surface area contributed by atoms with E-state index in [1.807, 2.05) is 0 Å². The third kappa shape index (κ3) is 2.67. The van der Waals surface area contributed by atoms with E-state index in [0.717, 1.165) is 6.42 Å². The van der Waals surface area contributed by atoms with E-state index in [1.165, 1.54) is 6.26 Å². The summed E-state index contributed by atoms with van der Waals surface area (Å²) < 4.78 is 4.92. The molecule has 1 fully saturated rings. The lowest BCUT2D eigenvalue weighted by atomic mass is 10.3. The first-order valence-electron chi connectivity index (χ1n) is 5.87. The summed E-state index contributed by atoms with van der Waals surface area (Å²) >= 11 is 5.80. The molecule has 2 heterocycles. The summed E-state index contributed by atoms with van der Waals surface area (Å²) in [6.45, 7) is 3.96. The Kier molecular flexibility index (Phi) is 3.91. The zero-order chi connectivity index (χ0) is 13.1. The van der Waals surface area contributed by atoms with E-state index in [1.54, 1.807) is 22.8 Å². The van der Waals surface area contributed by atoms with Gasteiger partial charge in [0.2, 0.25) is 11.1 Å². The average molecular weight is 271 g/mol. The lowest BCUT2D eigenvalue weighted by molar-refractivity contribution is -0.128. The Morgan fingerprint density at radius 2 is 1.89 bits per heavy atom. The first kappa shape index (κ1) is 13.0. The Morgan fingerprint density at radius 1 is 1.22 bits per heavy atom. The van der Waals surface area contributed by atoms with E-state index >= 15 is 0 Å². The number of carbonyl (C=O) groups excluding carboxylic acids is 2. The fraction of sp³-hybridized carbons (Fsp3) is 0.500. The van der Waals surface area contributed by atoms with E-state index < -0.39 is 0 Å². The van der Waals surface area contributed by atoms with E-state index in [0.29, 0.717) is 31.7 Å². The van der Waals surface area contributed by atoms with Crippen molar-refractivity contribution in [2.24, 2.45) is 0 Å². The zero-order valence-corrected chi connectivity index (χ0v) is 10.9. The maximum Gasteiger partial charge on any atom is 0.258 e. The van der Waals surface area contributed by atoms with Crippen LogP contribution in [0.5, 0.6) is 0 Å². The Balaban J connectivity index is 2.04. The quantitative estimate of drug-likeness (QED) is 0.779. The molecule has 0 bridgehead atoms. The predicted molar refractivity (Wildman–Crippen MR) is 66.5 cm³/mol. The van der Waals surface area contributed by atoms with Crippen molar-refractivity contribution in [1.29, 1.82) is 0 Å². The minimum atomic E-state index is -0.140. The molecule has 0 unspecified atom stereocenters. The fourth-order valence-corrected chi connectivity index (χ4v) is 2.25. The molecule has 0 aromatic carbocycles. The summed E-state index contributed by atoms with van der Waals surface area (Å²) in [6, 6.07) is 1.57. The molecule has 0 atom stereocenters. The van der Waals surface area contributed by atoms with Gasteiger partial charge < -0.3 is 14.2 Å². The van der Waals surface area contributed by atoms with Gasteiger partial charge in [0.15, 0.2) is 0 Å². The van der Waals surface area contributed by atoms with Gasteiger partial charge in [0.1, 0.15) is 0 Å². The van der Waals surface area contributed by atoms with Crippen molar-refractivity contribution in [3.05, 3.63) is 23.1 Å². The number of rotatable bonds is 1. The van der Waals surface area contributed by atoms with Crippen LogP contribution in [0.25, 0.3) is 0 Å². The fourth-order valence-electron chi connectivity index (χ4n) is 2.05. The van der Waals surface area contributed by atoms with Gasteiger partial charge in [-0.25, -0.2) is 0 Å². The lowest BCUT2D eigenvalue weighted by Crippen LogP contribution is -2.36. The van der Waals surface area contributed by atoms with Crippen LogP contribution >= 0.6 is 11.6 Å². The topological polar surface area (TPSA) is 53.8 Å². The molecular formula is C12H15ClN2O3. The first-order chi connectivity index (χ1) is 8.59. The Hall–Kier alpha value is -1.49. The summed E-state index contributed by atoms with van der Waals surface area (Å²) in [6.07, 6.45) is 2.18. The molecule has 0 radical (unpaired) electrons. The van der Waals surface area contributed by atoms with Crippen molar-refractivity contribution in [2.45, 2.75) is 13.3 Å². The van der Waals surface area contributed by atoms with Gasteiger partial charge in [0.25, 0.3) is 5.91 Å². The minimum Gasteiger partial charge on any atom is -0.452 e. The zero-order valence-electron chi connectivity index (χ0n) is 10.2. The highest BCUT2D eigenvalue weighted by atomic mass is 35.5. The molecule has 1 aromatic heterocycles. The molecule has 5 nitrogen and oxygen atoms in total. The third-order valence-electron chi connectivity index (χ3n) is 3.08. The standard InChI is InChI=1S/C12H15ClN2O3/c1-9(16)14-4-2-5-15(7-6-14)12(17)10-3-8-18-11(10)13/h3,8H,2,4-7H2,1H3. The minimum absolute atomic E-state index is 0.0469. The maximum absolute atomic E-state index is 12.2. The van der Waals surface area contributed by atoms with Gasteiger partial charge in [0.05, 0.1) is 11.8 Å². The van der Waals surface area contributed by atoms with Crippen molar-refractivity contribution < 1.29 is 14.0 Å². The van der Waals surface area contributed by atoms with Crippen LogP contribution in [-0.4, -0.2) is 47.8 Å². The van der Waals surface area contributed by atoms with Crippen LogP contribution in [0.15, 0.2) is 16.7 Å². The van der Waals surface area contributed by atoms with Crippen molar-refractivity contribution in [3.8, 4) is 0 Å². The highest BCUT2D eigenvalue weighted by Crippen LogP contribution is 2.19. The molecule has 1 aromatic rings. The number of nitrogens with zero attached hydrogens (tertiary/aromatic N) is 2. The molecule has 98 valence electrons. The predicted octanol–water partition coefficient (Wildman–Crippen LogP) is 1.63. The molecule has 2 amide bonds. The van der Waals surface area contributed by atoms with Crippen LogP contribution in [0.2, 0.25) is 5.22 Å². The molecule has 2 rings (SSSR count). The summed E-state index contributed by atoms with van der Waals surface area (Å²) in [7, 11) is 0. The summed E-state index contributed by atoms with van der Waals surface area (Å²) in [5.41, 5.74) is 0.382. The van der Waals surface area contributed by atoms with E-state index in [-0.39, 0.29) is 17.0 Å². The van der Waals surface area contributed by atoms with E-state index in [4.69, 9.17) is 16.0 Å². The second-order valence-corrected chi connectivity index (χ2v) is 4.60. The van der Waals surface area contributed by atoms with Gasteiger partial charge in [-0.1, -0.05) is 0 Å². The van der Waals surface area contributed by atoms with E-state index in [2.05, 4.69) is 0 Å². The summed E-state index contributed by atoms with van der Waals surface area (Å²) in [4.78, 5) is 26.9. The van der Waals surface area contributed by atoms with Gasteiger partial charge in [-0.15, -0.1) is 0 Å². The Labute approximate surface area is 110 Å². The van der Waals surface area contributed by atoms with E-state index in [9.17, 15) is 9.59 Å². The largest absolute Gasteiger partial charge is 0.452 e. The monoisotopic (exact) mass is 270 g/mol. The van der Waals surface area contributed by atoms with Crippen LogP contribution in [0.3, 0.4) is 0 Å². The second kappa shape index (κ2) is 5.44. The van der Waals surface area contributed by atoms with Crippen LogP contribution in [0.1, 0.15) is 23.7 Å². The van der Waals surface area contributed by atoms with Crippen molar-refractivity contribution in [3.63, 3.8) is 0 Å². The highest BCUT2D eigenvalue weighted by Gasteiger charge is 2.23. The smallest absolute Gasteiger partial charge is 0.258 e. The van der Waals surface area contributed by atoms with Gasteiger partial charge >= 0.3 is 0 Å². The molecule has 18 heavy (non-hydrogen) atoms. The third-order valence-corrected chi connectivity index (χ3v) is 3.37. The highest BCUT2D eigenvalue weighted by molar-refractivity contribution is 6.32. The summed E-state index contributed by atoms with van der Waals surface area (Å²) in [5, 5.41) is 0.118. The number of furan rings is 1. The van der Waals surface area contributed by atoms with Crippen LogP contribution in [-0.2, 0) is 4.79 Å². The lowest BCUT2D eigenvalue weighted by Gasteiger charge is -2.20. The second-order valence-electron chi connectivity index (χ2n) is 4.26. The molecule has 1 aliphatic rings. The molecule has 6 heteroatoms. The van der Waals surface area contributed by atoms with Gasteiger partial charge in [0, 0.05) is 33.1 Å². The van der Waals surface area contributed by atoms with Crippen molar-refractivity contribution in [1.82, 2.24) is 9.80 Å². The SMILES string of the molecule is CC(=O)N1CCCN(C(=O)c2ccoc2Cl)CC1. The molecule has 0 saturated carbocycles. The number of carbonyl (C=O) groups is 2. The van der Waals surface area contributed by atoms with Gasteiger partial charge in [-0.05, 0) is 24.1 Å². The Bertz CT molecular complexity index is 458. The van der Waals surface area contributed by atoms with Gasteiger partial charge in [-0.3, -0.25) is 9.59 Å². The number of amides is 2. The van der Waals surface area contributed by atoms with Crippen LogP contribution < -0.4 is 0 Å².